The third kappa shape index (κ3) is 4.05. The predicted octanol–water partition coefficient (Wildman–Crippen LogP) is 3.79. The third-order valence-electron chi connectivity index (χ3n) is 3.81. The van der Waals surface area contributed by atoms with Crippen molar-refractivity contribution < 1.29 is 9.13 Å². The topological polar surface area (TPSA) is 47.0 Å². The van der Waals surface area contributed by atoms with Crippen molar-refractivity contribution in [2.24, 2.45) is 5.41 Å². The third-order valence-corrected chi connectivity index (χ3v) is 3.81. The number of hydrogen-bond donors (Lipinski definition) is 1. The minimum absolute atomic E-state index is 0.0615. The summed E-state index contributed by atoms with van der Waals surface area (Å²) in [6.45, 7) is 7.35. The van der Waals surface area contributed by atoms with Gasteiger partial charge >= 0.3 is 0 Å². The quantitative estimate of drug-likeness (QED) is 0.892. The van der Waals surface area contributed by atoms with Crippen LogP contribution in [-0.4, -0.2) is 22.6 Å². The van der Waals surface area contributed by atoms with E-state index in [1.54, 1.807) is 0 Å². The lowest BCUT2D eigenvalue weighted by atomic mass is 9.76. The molecule has 112 valence electrons. The second kappa shape index (κ2) is 6.37. The number of nitrogens with one attached hydrogen (secondary N) is 1. The van der Waals surface area contributed by atoms with Crippen LogP contribution in [0, 0.1) is 11.2 Å². The molecule has 0 radical (unpaired) electrons. The van der Waals surface area contributed by atoms with E-state index in [2.05, 4.69) is 36.1 Å². The number of nitrogens with zero attached hydrogens (tertiary/aromatic N) is 2. The number of anilines is 1. The van der Waals surface area contributed by atoms with Crippen molar-refractivity contribution in [3.8, 4) is 5.88 Å². The van der Waals surface area contributed by atoms with Crippen LogP contribution in [0.15, 0.2) is 6.20 Å². The highest BCUT2D eigenvalue weighted by atomic mass is 19.1. The molecule has 0 atom stereocenters. The summed E-state index contributed by atoms with van der Waals surface area (Å²) in [5.41, 5.74) is 0.373. The molecule has 1 aromatic heterocycles. The fraction of sp³-hybridized carbons (Fsp3) is 0.733. The number of halogens is 1. The average Bonchev–Trinajstić information content (AvgIpc) is 2.42. The van der Waals surface area contributed by atoms with Crippen molar-refractivity contribution in [2.75, 3.05) is 11.9 Å². The van der Waals surface area contributed by atoms with Crippen LogP contribution in [0.2, 0.25) is 0 Å². The Kier molecular flexibility index (Phi) is 4.78. The maximum absolute atomic E-state index is 13.7. The maximum Gasteiger partial charge on any atom is 0.255 e. The van der Waals surface area contributed by atoms with Gasteiger partial charge in [0.1, 0.15) is 6.10 Å². The van der Waals surface area contributed by atoms with Gasteiger partial charge < -0.3 is 10.1 Å². The van der Waals surface area contributed by atoms with Crippen LogP contribution in [0.25, 0.3) is 0 Å². The Labute approximate surface area is 120 Å². The number of aromatic nitrogens is 2. The predicted molar refractivity (Wildman–Crippen MR) is 77.4 cm³/mol. The van der Waals surface area contributed by atoms with Gasteiger partial charge in [0.15, 0.2) is 0 Å². The molecule has 0 spiro atoms. The molecular weight excluding hydrogens is 257 g/mol. The fourth-order valence-corrected chi connectivity index (χ4v) is 2.40. The first kappa shape index (κ1) is 15.0. The average molecular weight is 281 g/mol. The Bertz CT molecular complexity index is 441. The largest absolute Gasteiger partial charge is 0.472 e. The molecule has 20 heavy (non-hydrogen) atoms. The van der Waals surface area contributed by atoms with Crippen LogP contribution < -0.4 is 10.1 Å². The first-order valence-electron chi connectivity index (χ1n) is 7.43. The highest BCUT2D eigenvalue weighted by molar-refractivity contribution is 5.28. The van der Waals surface area contributed by atoms with Crippen LogP contribution in [-0.2, 0) is 0 Å². The van der Waals surface area contributed by atoms with Gasteiger partial charge in [-0.05, 0) is 37.5 Å². The number of hydrogen-bond acceptors (Lipinski definition) is 4. The highest BCUT2D eigenvalue weighted by Gasteiger charge is 2.28. The number of rotatable bonds is 5. The van der Waals surface area contributed by atoms with Crippen molar-refractivity contribution in [2.45, 2.75) is 59.0 Å². The van der Waals surface area contributed by atoms with Gasteiger partial charge in [-0.2, -0.15) is 9.37 Å². The monoisotopic (exact) mass is 281 g/mol. The van der Waals surface area contributed by atoms with E-state index in [4.69, 9.17) is 4.74 Å². The molecule has 1 saturated carbocycles. The Morgan fingerprint density at radius 2 is 2.10 bits per heavy atom. The summed E-state index contributed by atoms with van der Waals surface area (Å²) in [6.07, 6.45) is 6.31. The van der Waals surface area contributed by atoms with Crippen molar-refractivity contribution in [1.29, 1.82) is 0 Å². The molecule has 1 aliphatic carbocycles. The van der Waals surface area contributed by atoms with E-state index in [9.17, 15) is 4.39 Å². The van der Waals surface area contributed by atoms with Gasteiger partial charge in [0, 0.05) is 6.54 Å². The lowest BCUT2D eigenvalue weighted by molar-refractivity contribution is 0.0910. The van der Waals surface area contributed by atoms with Crippen LogP contribution in [0.5, 0.6) is 5.88 Å². The molecule has 2 rings (SSSR count). The van der Waals surface area contributed by atoms with E-state index in [1.807, 2.05) is 0 Å². The molecule has 0 amide bonds. The Morgan fingerprint density at radius 3 is 2.75 bits per heavy atom. The van der Waals surface area contributed by atoms with E-state index in [-0.39, 0.29) is 12.0 Å². The second-order valence-electron chi connectivity index (χ2n) is 6.25. The normalized spacial score (nSPS) is 18.8. The molecule has 1 fully saturated rings. The molecule has 0 bridgehead atoms. The SMILES string of the molecule is CCCNc1ncc(F)c(OC2CCC(C)(C)CC2)n1. The Balaban J connectivity index is 1.98. The van der Waals surface area contributed by atoms with Crippen LogP contribution in [0.4, 0.5) is 10.3 Å². The zero-order valence-corrected chi connectivity index (χ0v) is 12.6. The lowest BCUT2D eigenvalue weighted by Crippen LogP contribution is -2.29. The number of ether oxygens (including phenoxy) is 1. The molecule has 0 unspecified atom stereocenters. The van der Waals surface area contributed by atoms with Crippen LogP contribution >= 0.6 is 0 Å². The first-order chi connectivity index (χ1) is 9.50. The Morgan fingerprint density at radius 1 is 1.40 bits per heavy atom. The molecule has 0 aromatic carbocycles. The van der Waals surface area contributed by atoms with Crippen molar-refractivity contribution in [3.05, 3.63) is 12.0 Å². The van der Waals surface area contributed by atoms with Gasteiger partial charge in [-0.3, -0.25) is 0 Å². The molecule has 1 heterocycles. The summed E-state index contributed by atoms with van der Waals surface area (Å²) < 4.78 is 19.5. The summed E-state index contributed by atoms with van der Waals surface area (Å²) in [5.74, 6) is 0.0135. The summed E-state index contributed by atoms with van der Waals surface area (Å²) in [6, 6.07) is 0. The minimum Gasteiger partial charge on any atom is -0.472 e. The zero-order valence-electron chi connectivity index (χ0n) is 12.6. The molecule has 5 heteroatoms. The van der Waals surface area contributed by atoms with Gasteiger partial charge in [0.25, 0.3) is 5.88 Å². The zero-order chi connectivity index (χ0) is 14.6. The van der Waals surface area contributed by atoms with E-state index >= 15 is 0 Å². The highest BCUT2D eigenvalue weighted by Crippen LogP contribution is 2.36. The van der Waals surface area contributed by atoms with Crippen molar-refractivity contribution in [3.63, 3.8) is 0 Å². The summed E-state index contributed by atoms with van der Waals surface area (Å²) in [4.78, 5) is 8.04. The van der Waals surface area contributed by atoms with Crippen LogP contribution in [0.3, 0.4) is 0 Å². The van der Waals surface area contributed by atoms with Gasteiger partial charge in [0.2, 0.25) is 11.8 Å². The molecule has 0 saturated heterocycles. The van der Waals surface area contributed by atoms with E-state index in [1.165, 1.54) is 6.20 Å². The van der Waals surface area contributed by atoms with Crippen molar-refractivity contribution >= 4 is 5.95 Å². The summed E-state index contributed by atoms with van der Waals surface area (Å²) >= 11 is 0. The summed E-state index contributed by atoms with van der Waals surface area (Å²) in [5, 5.41) is 3.04. The molecule has 1 aliphatic rings. The maximum atomic E-state index is 13.7. The van der Waals surface area contributed by atoms with Gasteiger partial charge in [-0.25, -0.2) is 4.98 Å². The van der Waals surface area contributed by atoms with Gasteiger partial charge in [0.05, 0.1) is 6.20 Å². The molecular formula is C15H24FN3O. The smallest absolute Gasteiger partial charge is 0.255 e. The van der Waals surface area contributed by atoms with E-state index in [0.717, 1.165) is 38.6 Å². The molecule has 0 aliphatic heterocycles. The first-order valence-corrected chi connectivity index (χ1v) is 7.43. The molecule has 4 nitrogen and oxygen atoms in total. The van der Waals surface area contributed by atoms with Gasteiger partial charge in [-0.1, -0.05) is 20.8 Å². The van der Waals surface area contributed by atoms with Gasteiger partial charge in [-0.15, -0.1) is 0 Å². The van der Waals surface area contributed by atoms with Crippen molar-refractivity contribution in [1.82, 2.24) is 9.97 Å². The standard InChI is InChI=1S/C15H24FN3O/c1-4-9-17-14-18-10-12(16)13(19-14)20-11-5-7-15(2,3)8-6-11/h10-11H,4-9H2,1-3H3,(H,17,18,19). The molecule has 1 N–H and O–H groups in total. The van der Waals surface area contributed by atoms with Crippen LogP contribution in [0.1, 0.15) is 52.9 Å². The fourth-order valence-electron chi connectivity index (χ4n) is 2.40. The van der Waals surface area contributed by atoms with E-state index < -0.39 is 5.82 Å². The summed E-state index contributed by atoms with van der Waals surface area (Å²) in [7, 11) is 0. The second-order valence-corrected chi connectivity index (χ2v) is 6.25. The minimum atomic E-state index is -0.489. The van der Waals surface area contributed by atoms with E-state index in [0.29, 0.717) is 11.4 Å². The molecule has 1 aromatic rings. The Hall–Kier alpha value is -1.39. The lowest BCUT2D eigenvalue weighted by Gasteiger charge is -2.34.